The molecule has 1 unspecified atom stereocenters. The highest BCUT2D eigenvalue weighted by Gasteiger charge is 2.15. The van der Waals surface area contributed by atoms with Gasteiger partial charge in [0.25, 0.3) is 0 Å². The standard InChI is InChI=1S/C13H17NO2S/c14-13(17)11-5-3-10(4-6-11)8-15-9-12-2-1-7-16-12/h3-6,12H,1-2,7-9H2,(H2,14,17). The minimum atomic E-state index is 0.283. The van der Waals surface area contributed by atoms with E-state index in [0.717, 1.165) is 30.6 Å². The molecule has 4 heteroatoms. The Morgan fingerprint density at radius 2 is 2.18 bits per heavy atom. The fraction of sp³-hybridized carbons (Fsp3) is 0.462. The van der Waals surface area contributed by atoms with E-state index in [9.17, 15) is 0 Å². The van der Waals surface area contributed by atoms with E-state index in [2.05, 4.69) is 0 Å². The minimum Gasteiger partial charge on any atom is -0.389 e. The maximum atomic E-state index is 5.61. The van der Waals surface area contributed by atoms with Gasteiger partial charge in [-0.05, 0) is 18.4 Å². The Labute approximate surface area is 107 Å². The zero-order valence-corrected chi connectivity index (χ0v) is 10.5. The normalized spacial score (nSPS) is 19.4. The third-order valence-corrected chi connectivity index (χ3v) is 3.07. The van der Waals surface area contributed by atoms with Crippen LogP contribution < -0.4 is 5.73 Å². The van der Waals surface area contributed by atoms with Crippen molar-refractivity contribution in [1.29, 1.82) is 0 Å². The van der Waals surface area contributed by atoms with Crippen LogP contribution in [0.4, 0.5) is 0 Å². The third-order valence-electron chi connectivity index (χ3n) is 2.83. The molecule has 1 aromatic carbocycles. The van der Waals surface area contributed by atoms with Gasteiger partial charge in [-0.3, -0.25) is 0 Å². The largest absolute Gasteiger partial charge is 0.389 e. The van der Waals surface area contributed by atoms with Gasteiger partial charge in [0, 0.05) is 12.2 Å². The van der Waals surface area contributed by atoms with Crippen molar-refractivity contribution in [2.45, 2.75) is 25.6 Å². The number of benzene rings is 1. The molecule has 0 saturated carbocycles. The Morgan fingerprint density at radius 3 is 2.76 bits per heavy atom. The Bertz CT molecular complexity index is 372. The molecule has 0 radical (unpaired) electrons. The van der Waals surface area contributed by atoms with Gasteiger partial charge < -0.3 is 15.2 Å². The molecular formula is C13H17NO2S. The van der Waals surface area contributed by atoms with Crippen LogP contribution in [0.5, 0.6) is 0 Å². The monoisotopic (exact) mass is 251 g/mol. The van der Waals surface area contributed by atoms with Gasteiger partial charge in [0.2, 0.25) is 0 Å². The summed E-state index contributed by atoms with van der Waals surface area (Å²) in [6.07, 6.45) is 2.54. The van der Waals surface area contributed by atoms with Crippen LogP contribution in [0.25, 0.3) is 0 Å². The number of hydrogen-bond donors (Lipinski definition) is 1. The van der Waals surface area contributed by atoms with Crippen molar-refractivity contribution in [3.63, 3.8) is 0 Å². The van der Waals surface area contributed by atoms with E-state index < -0.39 is 0 Å². The van der Waals surface area contributed by atoms with Gasteiger partial charge in [0.1, 0.15) is 4.99 Å². The highest BCUT2D eigenvalue weighted by Crippen LogP contribution is 2.13. The topological polar surface area (TPSA) is 44.5 Å². The lowest BCUT2D eigenvalue weighted by Crippen LogP contribution is -2.14. The summed E-state index contributed by atoms with van der Waals surface area (Å²) in [6.45, 7) is 2.16. The molecule has 0 spiro atoms. The first kappa shape index (κ1) is 12.5. The minimum absolute atomic E-state index is 0.283. The first-order chi connectivity index (χ1) is 8.25. The number of nitrogens with two attached hydrogens (primary N) is 1. The molecule has 3 nitrogen and oxygen atoms in total. The van der Waals surface area contributed by atoms with Crippen LogP contribution in [0.1, 0.15) is 24.0 Å². The van der Waals surface area contributed by atoms with Crippen LogP contribution >= 0.6 is 12.2 Å². The lowest BCUT2D eigenvalue weighted by Gasteiger charge is -2.10. The second kappa shape index (κ2) is 6.10. The van der Waals surface area contributed by atoms with Crippen molar-refractivity contribution in [3.05, 3.63) is 35.4 Å². The van der Waals surface area contributed by atoms with Gasteiger partial charge in [-0.1, -0.05) is 36.5 Å². The first-order valence-electron chi connectivity index (χ1n) is 5.84. The maximum absolute atomic E-state index is 5.61. The number of hydrogen-bond acceptors (Lipinski definition) is 3. The van der Waals surface area contributed by atoms with Gasteiger partial charge in [-0.2, -0.15) is 0 Å². The van der Waals surface area contributed by atoms with Crippen molar-refractivity contribution in [1.82, 2.24) is 0 Å². The summed E-state index contributed by atoms with van der Waals surface area (Å²) in [4.78, 5) is 0.428. The van der Waals surface area contributed by atoms with Gasteiger partial charge in [0.05, 0.1) is 19.3 Å². The number of rotatable bonds is 5. The van der Waals surface area contributed by atoms with Crippen LogP contribution in [-0.2, 0) is 16.1 Å². The van der Waals surface area contributed by atoms with Crippen LogP contribution in [0.2, 0.25) is 0 Å². The second-order valence-electron chi connectivity index (χ2n) is 4.21. The van der Waals surface area contributed by atoms with Crippen molar-refractivity contribution >= 4 is 17.2 Å². The van der Waals surface area contributed by atoms with Crippen LogP contribution in [-0.4, -0.2) is 24.3 Å². The molecule has 2 N–H and O–H groups in total. The van der Waals surface area contributed by atoms with Crippen molar-refractivity contribution in [3.8, 4) is 0 Å². The molecule has 0 aliphatic carbocycles. The molecule has 1 heterocycles. The lowest BCUT2D eigenvalue weighted by atomic mass is 10.1. The molecule has 1 atom stereocenters. The average molecular weight is 251 g/mol. The molecule has 92 valence electrons. The molecule has 1 fully saturated rings. The third kappa shape index (κ3) is 3.77. The highest BCUT2D eigenvalue weighted by atomic mass is 32.1. The molecule has 2 rings (SSSR count). The van der Waals surface area contributed by atoms with E-state index in [1.54, 1.807) is 0 Å². The Balaban J connectivity index is 1.76. The second-order valence-corrected chi connectivity index (χ2v) is 4.65. The first-order valence-corrected chi connectivity index (χ1v) is 6.24. The zero-order valence-electron chi connectivity index (χ0n) is 9.72. The van der Waals surface area contributed by atoms with Gasteiger partial charge >= 0.3 is 0 Å². The molecule has 1 aliphatic rings. The smallest absolute Gasteiger partial charge is 0.103 e. The summed E-state index contributed by atoms with van der Waals surface area (Å²) in [5, 5.41) is 0. The van der Waals surface area contributed by atoms with E-state index in [4.69, 9.17) is 27.4 Å². The summed E-state index contributed by atoms with van der Waals surface area (Å²) in [6, 6.07) is 7.83. The molecule has 17 heavy (non-hydrogen) atoms. The van der Waals surface area contributed by atoms with E-state index in [0.29, 0.717) is 18.2 Å². The summed E-state index contributed by atoms with van der Waals surface area (Å²) in [7, 11) is 0. The summed E-state index contributed by atoms with van der Waals surface area (Å²) in [5.74, 6) is 0. The molecule has 0 amide bonds. The molecule has 1 saturated heterocycles. The maximum Gasteiger partial charge on any atom is 0.103 e. The number of thiocarbonyl (C=S) groups is 1. The Kier molecular flexibility index (Phi) is 4.48. The van der Waals surface area contributed by atoms with Crippen LogP contribution in [0, 0.1) is 0 Å². The molecule has 1 aromatic rings. The quantitative estimate of drug-likeness (QED) is 0.813. The van der Waals surface area contributed by atoms with Crippen molar-refractivity contribution in [2.75, 3.05) is 13.2 Å². The van der Waals surface area contributed by atoms with E-state index in [1.165, 1.54) is 0 Å². The fourth-order valence-electron chi connectivity index (χ4n) is 1.85. The zero-order chi connectivity index (χ0) is 12.1. The Hall–Kier alpha value is -0.970. The average Bonchev–Trinajstić information content (AvgIpc) is 2.83. The fourth-order valence-corrected chi connectivity index (χ4v) is 1.99. The summed E-state index contributed by atoms with van der Waals surface area (Å²) in [5.41, 5.74) is 7.55. The predicted molar refractivity (Wildman–Crippen MR) is 71.0 cm³/mol. The Morgan fingerprint density at radius 1 is 1.41 bits per heavy atom. The molecule has 0 aromatic heterocycles. The van der Waals surface area contributed by atoms with Gasteiger partial charge in [-0.25, -0.2) is 0 Å². The van der Waals surface area contributed by atoms with Crippen molar-refractivity contribution < 1.29 is 9.47 Å². The van der Waals surface area contributed by atoms with Crippen LogP contribution in [0.3, 0.4) is 0 Å². The molecular weight excluding hydrogens is 234 g/mol. The SMILES string of the molecule is NC(=S)c1ccc(COCC2CCCO2)cc1. The lowest BCUT2D eigenvalue weighted by molar-refractivity contribution is 0.0106. The van der Waals surface area contributed by atoms with E-state index >= 15 is 0 Å². The summed E-state index contributed by atoms with van der Waals surface area (Å²) >= 11 is 4.90. The summed E-state index contributed by atoms with van der Waals surface area (Å²) < 4.78 is 11.1. The molecule has 1 aliphatic heterocycles. The molecule has 0 bridgehead atoms. The highest BCUT2D eigenvalue weighted by molar-refractivity contribution is 7.80. The van der Waals surface area contributed by atoms with Gasteiger partial charge in [0.15, 0.2) is 0 Å². The predicted octanol–water partition coefficient (Wildman–Crippen LogP) is 2.02. The van der Waals surface area contributed by atoms with E-state index in [1.807, 2.05) is 24.3 Å². The van der Waals surface area contributed by atoms with Crippen molar-refractivity contribution in [2.24, 2.45) is 5.73 Å². The number of ether oxygens (including phenoxy) is 2. The van der Waals surface area contributed by atoms with E-state index in [-0.39, 0.29) is 6.10 Å². The van der Waals surface area contributed by atoms with Gasteiger partial charge in [-0.15, -0.1) is 0 Å². The van der Waals surface area contributed by atoms with Crippen LogP contribution in [0.15, 0.2) is 24.3 Å².